The van der Waals surface area contributed by atoms with E-state index in [-0.39, 0.29) is 0 Å². The Bertz CT molecular complexity index is 186. The van der Waals surface area contributed by atoms with E-state index in [1.54, 1.807) is 16.8 Å². The van der Waals surface area contributed by atoms with Gasteiger partial charge in [-0.25, -0.2) is 0 Å². The fourth-order valence-electron chi connectivity index (χ4n) is 0.895. The number of rotatable bonds is 0. The van der Waals surface area contributed by atoms with Crippen molar-refractivity contribution in [2.24, 2.45) is 0 Å². The zero-order valence-electron chi connectivity index (χ0n) is 4.89. The van der Waals surface area contributed by atoms with Crippen LogP contribution < -0.4 is 4.72 Å². The fourth-order valence-corrected chi connectivity index (χ4v) is 2.73. The first-order valence-corrected chi connectivity index (χ1v) is 4.62. The highest BCUT2D eigenvalue weighted by atomic mass is 32.2. The molecule has 0 saturated heterocycles. The van der Waals surface area contributed by atoms with Gasteiger partial charge in [0.05, 0.1) is 0 Å². The summed E-state index contributed by atoms with van der Waals surface area (Å²) >= 11 is 3.62. The first kappa shape index (κ1) is 5.77. The molecule has 0 fully saturated rings. The highest BCUT2D eigenvalue weighted by Gasteiger charge is 2.08. The smallest absolute Gasteiger partial charge is 0.0367 e. The zero-order chi connectivity index (χ0) is 6.10. The molecule has 0 spiro atoms. The van der Waals surface area contributed by atoms with Crippen LogP contribution in [0.2, 0.25) is 0 Å². The summed E-state index contributed by atoms with van der Waals surface area (Å²) in [6, 6.07) is 2.18. The maximum Gasteiger partial charge on any atom is 0.0367 e. The summed E-state index contributed by atoms with van der Waals surface area (Å²) in [6.07, 6.45) is 1.21. The molecule has 0 bridgehead atoms. The van der Waals surface area contributed by atoms with E-state index in [1.165, 1.54) is 11.3 Å². The van der Waals surface area contributed by atoms with Crippen molar-refractivity contribution in [3.8, 4) is 0 Å². The first-order valence-electron chi connectivity index (χ1n) is 2.93. The molecule has 0 amide bonds. The van der Waals surface area contributed by atoms with Crippen LogP contribution in [0.15, 0.2) is 16.3 Å². The molecule has 1 aliphatic heterocycles. The number of nitrogens with one attached hydrogen (secondary N) is 1. The lowest BCUT2D eigenvalue weighted by atomic mass is 10.3. The topological polar surface area (TPSA) is 12.0 Å². The molecule has 1 aliphatic rings. The summed E-state index contributed by atoms with van der Waals surface area (Å²) in [5, 5.41) is 2.16. The minimum atomic E-state index is 1.12. The van der Waals surface area contributed by atoms with Crippen molar-refractivity contribution in [2.75, 3.05) is 6.54 Å². The van der Waals surface area contributed by atoms with Gasteiger partial charge in [-0.1, -0.05) is 0 Å². The van der Waals surface area contributed by atoms with Gasteiger partial charge in [0.1, 0.15) is 0 Å². The third-order valence-corrected chi connectivity index (χ3v) is 3.40. The predicted octanol–water partition coefficient (Wildman–Crippen LogP) is 1.90. The van der Waals surface area contributed by atoms with Gasteiger partial charge in [0.25, 0.3) is 0 Å². The molecule has 0 aliphatic carbocycles. The van der Waals surface area contributed by atoms with Gasteiger partial charge in [-0.15, -0.1) is 11.3 Å². The van der Waals surface area contributed by atoms with Crippen molar-refractivity contribution in [3.63, 3.8) is 0 Å². The van der Waals surface area contributed by atoms with Crippen molar-refractivity contribution in [3.05, 3.63) is 16.3 Å². The summed E-state index contributed by atoms with van der Waals surface area (Å²) in [4.78, 5) is 2.96. The van der Waals surface area contributed by atoms with Gasteiger partial charge in [-0.2, -0.15) is 0 Å². The zero-order valence-corrected chi connectivity index (χ0v) is 6.52. The van der Waals surface area contributed by atoms with E-state index >= 15 is 0 Å². The third kappa shape index (κ3) is 1.000. The summed E-state index contributed by atoms with van der Waals surface area (Å²) in [7, 11) is 0. The third-order valence-electron chi connectivity index (χ3n) is 1.34. The second kappa shape index (κ2) is 2.33. The van der Waals surface area contributed by atoms with Crippen LogP contribution >= 0.6 is 23.3 Å². The van der Waals surface area contributed by atoms with E-state index in [0.717, 1.165) is 6.54 Å². The van der Waals surface area contributed by atoms with Crippen LogP contribution in [0.5, 0.6) is 0 Å². The Morgan fingerprint density at radius 2 is 2.56 bits per heavy atom. The van der Waals surface area contributed by atoms with Crippen molar-refractivity contribution in [1.82, 2.24) is 4.72 Å². The Labute approximate surface area is 62.6 Å². The molecule has 1 aromatic rings. The van der Waals surface area contributed by atoms with Gasteiger partial charge in [0.15, 0.2) is 0 Å². The van der Waals surface area contributed by atoms with Crippen LogP contribution in [0.25, 0.3) is 0 Å². The van der Waals surface area contributed by atoms with Crippen molar-refractivity contribution in [2.45, 2.75) is 11.3 Å². The number of thiophene rings is 1. The summed E-state index contributed by atoms with van der Waals surface area (Å²) in [6.45, 7) is 1.12. The minimum absolute atomic E-state index is 1.12. The van der Waals surface area contributed by atoms with Crippen molar-refractivity contribution in [1.29, 1.82) is 0 Å². The summed E-state index contributed by atoms with van der Waals surface area (Å²) in [5.74, 6) is 0. The van der Waals surface area contributed by atoms with Crippen LogP contribution in [0, 0.1) is 0 Å². The SMILES string of the molecule is c1cc2c(s1)CCNS2. The standard InChI is InChI=1S/C6H7NS2/c1-3-7-9-6-2-4-8-5(1)6/h2,4,7H,1,3H2. The van der Waals surface area contributed by atoms with Gasteiger partial charge in [0.2, 0.25) is 0 Å². The van der Waals surface area contributed by atoms with Gasteiger partial charge < -0.3 is 0 Å². The molecule has 0 radical (unpaired) electrons. The quantitative estimate of drug-likeness (QED) is 0.577. The van der Waals surface area contributed by atoms with E-state index in [0.29, 0.717) is 0 Å². The molecular weight excluding hydrogens is 150 g/mol. The van der Waals surface area contributed by atoms with Crippen LogP contribution in [-0.4, -0.2) is 6.54 Å². The van der Waals surface area contributed by atoms with E-state index in [1.807, 2.05) is 11.3 Å². The number of hydrogen-bond acceptors (Lipinski definition) is 3. The van der Waals surface area contributed by atoms with E-state index in [2.05, 4.69) is 16.2 Å². The van der Waals surface area contributed by atoms with Crippen molar-refractivity contribution >= 4 is 23.3 Å². The summed E-state index contributed by atoms with van der Waals surface area (Å²) in [5.41, 5.74) is 0. The van der Waals surface area contributed by atoms with Gasteiger partial charge in [-0.05, 0) is 29.8 Å². The van der Waals surface area contributed by atoms with E-state index < -0.39 is 0 Å². The average molecular weight is 157 g/mol. The van der Waals surface area contributed by atoms with Crippen molar-refractivity contribution < 1.29 is 0 Å². The Balaban J connectivity index is 2.39. The average Bonchev–Trinajstić information content (AvgIpc) is 2.33. The van der Waals surface area contributed by atoms with Crippen LogP contribution in [0.3, 0.4) is 0 Å². The second-order valence-electron chi connectivity index (χ2n) is 1.95. The molecule has 1 nitrogen and oxygen atoms in total. The molecule has 3 heteroatoms. The normalized spacial score (nSPS) is 17.3. The van der Waals surface area contributed by atoms with Gasteiger partial charge in [0, 0.05) is 16.3 Å². The minimum Gasteiger partial charge on any atom is -0.260 e. The maximum absolute atomic E-state index is 3.25. The lowest BCUT2D eigenvalue weighted by molar-refractivity contribution is 0.885. The molecule has 0 atom stereocenters. The Hall–Kier alpha value is 0.01000. The number of hydrogen-bond donors (Lipinski definition) is 1. The molecule has 1 N–H and O–H groups in total. The highest BCUT2D eigenvalue weighted by molar-refractivity contribution is 7.97. The monoisotopic (exact) mass is 157 g/mol. The molecule has 0 aromatic carbocycles. The predicted molar refractivity (Wildman–Crippen MR) is 41.9 cm³/mol. The highest BCUT2D eigenvalue weighted by Crippen LogP contribution is 2.28. The lowest BCUT2D eigenvalue weighted by Crippen LogP contribution is -2.12. The number of fused-ring (bicyclic) bond motifs is 1. The molecule has 9 heavy (non-hydrogen) atoms. The van der Waals surface area contributed by atoms with Crippen LogP contribution in [0.1, 0.15) is 4.88 Å². The van der Waals surface area contributed by atoms with Gasteiger partial charge in [-0.3, -0.25) is 4.72 Å². The summed E-state index contributed by atoms with van der Waals surface area (Å²) < 4.78 is 3.25. The molecule has 2 heterocycles. The second-order valence-corrected chi connectivity index (χ2v) is 3.89. The Morgan fingerprint density at radius 1 is 1.56 bits per heavy atom. The Kier molecular flexibility index (Phi) is 1.49. The molecule has 1 aromatic heterocycles. The molecule has 48 valence electrons. The molecule has 0 unspecified atom stereocenters. The first-order chi connectivity index (χ1) is 4.47. The van der Waals surface area contributed by atoms with E-state index in [4.69, 9.17) is 0 Å². The van der Waals surface area contributed by atoms with E-state index in [9.17, 15) is 0 Å². The molecule has 2 rings (SSSR count). The maximum atomic E-state index is 3.25. The van der Waals surface area contributed by atoms with Gasteiger partial charge >= 0.3 is 0 Å². The largest absolute Gasteiger partial charge is 0.260 e. The molecule has 0 saturated carbocycles. The van der Waals surface area contributed by atoms with Crippen LogP contribution in [-0.2, 0) is 6.42 Å². The fraction of sp³-hybridized carbons (Fsp3) is 0.333. The lowest BCUT2D eigenvalue weighted by Gasteiger charge is -2.09. The molecular formula is C6H7NS2. The van der Waals surface area contributed by atoms with Crippen LogP contribution in [0.4, 0.5) is 0 Å². The Morgan fingerprint density at radius 3 is 3.44 bits per heavy atom.